The number of nitrogen functional groups attached to an aromatic ring is 1. The number of aromatic nitrogens is 1. The summed E-state index contributed by atoms with van der Waals surface area (Å²) >= 11 is 12.7. The van der Waals surface area contributed by atoms with Gasteiger partial charge in [0.2, 0.25) is 0 Å². The largest absolute Gasteiger partial charge is 0.396 e. The second-order valence-electron chi connectivity index (χ2n) is 9.21. The molecule has 8 nitrogen and oxygen atoms in total. The van der Waals surface area contributed by atoms with Crippen LogP contribution in [0.5, 0.6) is 0 Å². The third-order valence-electron chi connectivity index (χ3n) is 6.69. The minimum absolute atomic E-state index is 0.294. The van der Waals surface area contributed by atoms with Gasteiger partial charge in [-0.25, -0.2) is 15.1 Å². The molecule has 0 amide bonds. The Morgan fingerprint density at radius 1 is 1.08 bits per heavy atom. The maximum atomic E-state index is 9.36. The number of piperidine rings is 1. The Hall–Kier alpha value is -2.88. The predicted molar refractivity (Wildman–Crippen MR) is 146 cm³/mol. The van der Waals surface area contributed by atoms with Crippen LogP contribution < -0.4 is 16.3 Å². The van der Waals surface area contributed by atoms with Crippen molar-refractivity contribution in [3.63, 3.8) is 0 Å². The SMILES string of the molecule is CN1N=C(c2cc(-c3ccc(CN4CCC(CO)CC4)cc3)cnc2N)N(c2cccc(Cl)c2Cl)N1. The highest BCUT2D eigenvalue weighted by Crippen LogP contribution is 2.34. The second-order valence-corrected chi connectivity index (χ2v) is 10.00. The molecule has 3 aromatic rings. The lowest BCUT2D eigenvalue weighted by atomic mass is 9.97. The Balaban J connectivity index is 1.38. The van der Waals surface area contributed by atoms with Crippen molar-refractivity contribution in [2.45, 2.75) is 19.4 Å². The van der Waals surface area contributed by atoms with Gasteiger partial charge in [-0.05, 0) is 61.2 Å². The van der Waals surface area contributed by atoms with Gasteiger partial charge in [0.25, 0.3) is 0 Å². The predicted octanol–water partition coefficient (Wildman–Crippen LogP) is 4.38. The molecule has 0 unspecified atom stereocenters. The van der Waals surface area contributed by atoms with Gasteiger partial charge in [-0.1, -0.05) is 53.5 Å². The lowest BCUT2D eigenvalue weighted by Crippen LogP contribution is -2.42. The number of nitrogens with one attached hydrogen (secondary N) is 1. The molecule has 36 heavy (non-hydrogen) atoms. The average molecular weight is 526 g/mol. The van der Waals surface area contributed by atoms with E-state index >= 15 is 0 Å². The van der Waals surface area contributed by atoms with Crippen molar-refractivity contribution in [1.82, 2.24) is 20.5 Å². The summed E-state index contributed by atoms with van der Waals surface area (Å²) in [5, 5.41) is 18.1. The molecular formula is C26H29Cl2N7O. The summed E-state index contributed by atoms with van der Waals surface area (Å²) < 4.78 is 0. The molecule has 0 aliphatic carbocycles. The molecule has 1 saturated heterocycles. The van der Waals surface area contributed by atoms with Crippen LogP contribution in [0.4, 0.5) is 11.5 Å². The van der Waals surface area contributed by atoms with Gasteiger partial charge in [0.05, 0.1) is 21.3 Å². The van der Waals surface area contributed by atoms with Gasteiger partial charge in [-0.15, -0.1) is 10.6 Å². The number of rotatable bonds is 6. The Kier molecular flexibility index (Phi) is 7.32. The van der Waals surface area contributed by atoms with Crippen LogP contribution >= 0.6 is 23.2 Å². The number of hydrazine groups is 2. The van der Waals surface area contributed by atoms with Crippen molar-refractivity contribution in [2.75, 3.05) is 37.5 Å². The van der Waals surface area contributed by atoms with Crippen LogP contribution in [0.3, 0.4) is 0 Å². The van der Waals surface area contributed by atoms with Crippen LogP contribution in [0.25, 0.3) is 11.1 Å². The number of hydrogen-bond donors (Lipinski definition) is 3. The number of anilines is 2. The lowest BCUT2D eigenvalue weighted by Gasteiger charge is -2.31. The number of hydrazone groups is 1. The summed E-state index contributed by atoms with van der Waals surface area (Å²) in [7, 11) is 1.79. The van der Waals surface area contributed by atoms with Crippen molar-refractivity contribution >= 4 is 40.5 Å². The molecule has 4 N–H and O–H groups in total. The number of halogens is 2. The molecule has 0 atom stereocenters. The zero-order valence-corrected chi connectivity index (χ0v) is 21.5. The summed E-state index contributed by atoms with van der Waals surface area (Å²) in [6.45, 7) is 3.25. The van der Waals surface area contributed by atoms with E-state index in [9.17, 15) is 5.11 Å². The number of nitrogens with zero attached hydrogens (tertiary/aromatic N) is 5. The molecule has 0 bridgehead atoms. The molecule has 188 valence electrons. The van der Waals surface area contributed by atoms with Gasteiger partial charge >= 0.3 is 0 Å². The Morgan fingerprint density at radius 3 is 2.56 bits per heavy atom. The van der Waals surface area contributed by atoms with Crippen LogP contribution in [-0.4, -0.2) is 52.7 Å². The molecule has 2 aliphatic rings. The summed E-state index contributed by atoms with van der Waals surface area (Å²) in [4.78, 5) is 6.91. The highest BCUT2D eigenvalue weighted by atomic mass is 35.5. The number of hydrogen-bond acceptors (Lipinski definition) is 8. The zero-order chi connectivity index (χ0) is 25.2. The number of aliphatic hydroxyl groups is 1. The van der Waals surface area contributed by atoms with Crippen LogP contribution in [0, 0.1) is 5.92 Å². The van der Waals surface area contributed by atoms with Gasteiger partial charge < -0.3 is 10.8 Å². The molecule has 1 fully saturated rings. The molecule has 0 radical (unpaired) electrons. The molecule has 1 aromatic heterocycles. The van der Waals surface area contributed by atoms with E-state index < -0.39 is 0 Å². The molecule has 3 heterocycles. The van der Waals surface area contributed by atoms with Gasteiger partial charge in [-0.3, -0.25) is 4.90 Å². The summed E-state index contributed by atoms with van der Waals surface area (Å²) in [6, 6.07) is 15.9. The van der Waals surface area contributed by atoms with Crippen LogP contribution in [0.1, 0.15) is 24.0 Å². The number of amidine groups is 1. The molecule has 2 aromatic carbocycles. The fourth-order valence-corrected chi connectivity index (χ4v) is 4.99. The molecule has 10 heteroatoms. The van der Waals surface area contributed by atoms with E-state index in [1.165, 1.54) is 5.56 Å². The Bertz CT molecular complexity index is 1260. The first-order valence-corrected chi connectivity index (χ1v) is 12.7. The number of nitrogens with two attached hydrogens (primary N) is 1. The molecule has 5 rings (SSSR count). The van der Waals surface area contributed by atoms with Crippen molar-refractivity contribution in [1.29, 1.82) is 0 Å². The highest BCUT2D eigenvalue weighted by molar-refractivity contribution is 6.44. The van der Waals surface area contributed by atoms with Crippen molar-refractivity contribution in [3.8, 4) is 11.1 Å². The average Bonchev–Trinajstić information content (AvgIpc) is 3.28. The van der Waals surface area contributed by atoms with Gasteiger partial charge in [0.1, 0.15) is 5.82 Å². The number of benzene rings is 2. The normalized spacial score (nSPS) is 17.1. The first-order chi connectivity index (χ1) is 17.4. The van der Waals surface area contributed by atoms with Gasteiger partial charge in [0, 0.05) is 32.0 Å². The van der Waals surface area contributed by atoms with Crippen LogP contribution in [0.15, 0.2) is 59.8 Å². The zero-order valence-electron chi connectivity index (χ0n) is 20.0. The van der Waals surface area contributed by atoms with Crippen molar-refractivity contribution in [3.05, 3.63) is 75.9 Å². The number of likely N-dealkylation sites (tertiary alicyclic amines) is 1. The molecular weight excluding hydrogens is 497 g/mol. The van der Waals surface area contributed by atoms with E-state index in [0.717, 1.165) is 43.6 Å². The monoisotopic (exact) mass is 525 g/mol. The van der Waals surface area contributed by atoms with Crippen molar-refractivity contribution < 1.29 is 5.11 Å². The van der Waals surface area contributed by atoms with Gasteiger partial charge in [-0.2, -0.15) is 0 Å². The first kappa shape index (κ1) is 24.8. The molecule has 2 aliphatic heterocycles. The third kappa shape index (κ3) is 5.14. The van der Waals surface area contributed by atoms with E-state index in [0.29, 0.717) is 45.5 Å². The van der Waals surface area contributed by atoms with Gasteiger partial charge in [0.15, 0.2) is 5.84 Å². The van der Waals surface area contributed by atoms with Crippen LogP contribution in [-0.2, 0) is 6.54 Å². The Morgan fingerprint density at radius 2 is 1.83 bits per heavy atom. The van der Waals surface area contributed by atoms with E-state index in [4.69, 9.17) is 28.9 Å². The van der Waals surface area contributed by atoms with E-state index in [1.807, 2.05) is 18.2 Å². The summed E-state index contributed by atoms with van der Waals surface area (Å²) in [5.74, 6) is 1.37. The van der Waals surface area contributed by atoms with E-state index in [2.05, 4.69) is 44.8 Å². The summed E-state index contributed by atoms with van der Waals surface area (Å²) in [5.41, 5.74) is 14.0. The number of pyridine rings is 1. The van der Waals surface area contributed by atoms with E-state index in [1.54, 1.807) is 29.4 Å². The minimum Gasteiger partial charge on any atom is -0.396 e. The topological polar surface area (TPSA) is 93.2 Å². The fourth-order valence-electron chi connectivity index (χ4n) is 4.61. The van der Waals surface area contributed by atoms with Crippen molar-refractivity contribution in [2.24, 2.45) is 11.0 Å². The Labute approximate surface area is 220 Å². The molecule has 0 spiro atoms. The quantitative estimate of drug-likeness (QED) is 0.439. The maximum absolute atomic E-state index is 9.36. The first-order valence-electron chi connectivity index (χ1n) is 11.9. The number of aliphatic hydroxyl groups excluding tert-OH is 1. The second kappa shape index (κ2) is 10.6. The highest BCUT2D eigenvalue weighted by Gasteiger charge is 2.28. The lowest BCUT2D eigenvalue weighted by molar-refractivity contribution is 0.127. The summed E-state index contributed by atoms with van der Waals surface area (Å²) in [6.07, 6.45) is 3.89. The van der Waals surface area contributed by atoms with E-state index in [-0.39, 0.29) is 0 Å². The smallest absolute Gasteiger partial charge is 0.181 e. The fraction of sp³-hybridized carbons (Fsp3) is 0.308. The third-order valence-corrected chi connectivity index (χ3v) is 7.50. The van der Waals surface area contributed by atoms with Crippen LogP contribution in [0.2, 0.25) is 10.0 Å². The minimum atomic E-state index is 0.294. The molecule has 0 saturated carbocycles. The maximum Gasteiger partial charge on any atom is 0.181 e. The standard InChI is InChI=1S/C26H29Cl2N7O/c1-33-31-26(35(32-33)23-4-2-3-22(27)24(23)28)21-13-20(14-30-25(21)29)19-7-5-17(6-8-19)15-34-11-9-18(16-36)10-12-34/h2-8,13-14,18,32,36H,9-12,15-16H2,1H3,(H2,29,30).